The van der Waals surface area contributed by atoms with Crippen LogP contribution >= 0.6 is 15.9 Å². The number of rotatable bonds is 3. The lowest BCUT2D eigenvalue weighted by molar-refractivity contribution is -0.140. The first kappa shape index (κ1) is 14.8. The van der Waals surface area contributed by atoms with Crippen LogP contribution in [0.25, 0.3) is 0 Å². The fourth-order valence-corrected chi connectivity index (χ4v) is 2.20. The predicted molar refractivity (Wildman–Crippen MR) is 67.0 cm³/mol. The maximum atomic E-state index is 12.8. The van der Waals surface area contributed by atoms with Crippen LogP contribution in [0.15, 0.2) is 22.7 Å². The van der Waals surface area contributed by atoms with E-state index in [0.717, 1.165) is 12.1 Å². The number of amides is 1. The molecule has 0 bridgehead atoms. The Morgan fingerprint density at radius 1 is 1.30 bits per heavy atom. The van der Waals surface area contributed by atoms with E-state index >= 15 is 0 Å². The number of carbonyl (C=O) groups is 2. The summed E-state index contributed by atoms with van der Waals surface area (Å²) in [5.41, 5.74) is -1.35. The summed E-state index contributed by atoms with van der Waals surface area (Å²) in [4.78, 5) is 22.3. The lowest BCUT2D eigenvalue weighted by Gasteiger charge is -2.14. The largest absolute Gasteiger partial charge is 0.481 e. The molecule has 1 aromatic carbocycles. The van der Waals surface area contributed by atoms with Crippen molar-refractivity contribution in [1.82, 2.24) is 0 Å². The van der Waals surface area contributed by atoms with Crippen LogP contribution in [0.2, 0.25) is 0 Å². The third-order valence-corrected chi connectivity index (χ3v) is 3.48. The first-order valence-corrected chi connectivity index (χ1v) is 6.40. The summed E-state index contributed by atoms with van der Waals surface area (Å²) in [6.45, 7) is 0. The molecule has 0 spiro atoms. The summed E-state index contributed by atoms with van der Waals surface area (Å²) in [6, 6.07) is 3.35. The lowest BCUT2D eigenvalue weighted by atomic mass is 10.1. The molecule has 0 radical (unpaired) electrons. The van der Waals surface area contributed by atoms with E-state index in [9.17, 15) is 22.8 Å². The van der Waals surface area contributed by atoms with Gasteiger partial charge in [0.05, 0.1) is 23.1 Å². The zero-order valence-corrected chi connectivity index (χ0v) is 11.5. The highest BCUT2D eigenvalue weighted by Crippen LogP contribution is 2.41. The molecule has 108 valence electrons. The van der Waals surface area contributed by atoms with Gasteiger partial charge in [-0.1, -0.05) is 15.9 Å². The molecule has 2 atom stereocenters. The van der Waals surface area contributed by atoms with Crippen LogP contribution in [0.3, 0.4) is 0 Å². The first-order chi connectivity index (χ1) is 9.20. The van der Waals surface area contributed by atoms with Gasteiger partial charge in [-0.15, -0.1) is 0 Å². The molecule has 4 nitrogen and oxygen atoms in total. The number of halogens is 4. The van der Waals surface area contributed by atoms with Crippen molar-refractivity contribution >= 4 is 33.5 Å². The molecule has 1 amide bonds. The van der Waals surface area contributed by atoms with Gasteiger partial charge in [-0.05, 0) is 24.6 Å². The smallest absolute Gasteiger partial charge is 0.418 e. The lowest BCUT2D eigenvalue weighted by Crippen LogP contribution is -2.19. The minimum atomic E-state index is -4.61. The second-order valence-electron chi connectivity index (χ2n) is 4.46. The van der Waals surface area contributed by atoms with Gasteiger partial charge in [0, 0.05) is 4.47 Å². The zero-order valence-electron chi connectivity index (χ0n) is 9.87. The molecular formula is C12H9BrF3NO3. The van der Waals surface area contributed by atoms with Gasteiger partial charge in [-0.2, -0.15) is 13.2 Å². The third kappa shape index (κ3) is 3.12. The summed E-state index contributed by atoms with van der Waals surface area (Å²) in [5.74, 6) is -3.39. The van der Waals surface area contributed by atoms with Gasteiger partial charge in [0.15, 0.2) is 0 Å². The number of aliphatic carboxylic acids is 1. The van der Waals surface area contributed by atoms with Crippen LogP contribution in [0.4, 0.5) is 18.9 Å². The molecule has 2 rings (SSSR count). The van der Waals surface area contributed by atoms with Crippen LogP contribution in [0.1, 0.15) is 12.0 Å². The molecule has 0 aliphatic heterocycles. The summed E-state index contributed by atoms with van der Waals surface area (Å²) in [6.07, 6.45) is -4.46. The molecule has 1 aliphatic carbocycles. The number of hydrogen-bond acceptors (Lipinski definition) is 2. The number of benzene rings is 1. The van der Waals surface area contributed by atoms with Gasteiger partial charge in [0.2, 0.25) is 5.91 Å². The second-order valence-corrected chi connectivity index (χ2v) is 5.38. The predicted octanol–water partition coefficient (Wildman–Crippen LogP) is 3.13. The molecule has 0 aromatic heterocycles. The SMILES string of the molecule is O=C(O)C1CC1C(=O)Nc1ccc(Br)cc1C(F)(F)F. The third-order valence-electron chi connectivity index (χ3n) is 2.99. The Balaban J connectivity index is 2.18. The number of nitrogens with one attached hydrogen (secondary N) is 1. The van der Waals surface area contributed by atoms with Crippen molar-refractivity contribution in [3.8, 4) is 0 Å². The minimum Gasteiger partial charge on any atom is -0.481 e. The van der Waals surface area contributed by atoms with Crippen molar-refractivity contribution in [3.63, 3.8) is 0 Å². The van der Waals surface area contributed by atoms with Crippen LogP contribution in [-0.2, 0) is 15.8 Å². The van der Waals surface area contributed by atoms with Crippen molar-refractivity contribution in [2.75, 3.05) is 5.32 Å². The van der Waals surface area contributed by atoms with E-state index in [2.05, 4.69) is 21.2 Å². The van der Waals surface area contributed by atoms with Crippen molar-refractivity contribution in [2.24, 2.45) is 11.8 Å². The Morgan fingerprint density at radius 3 is 2.45 bits per heavy atom. The van der Waals surface area contributed by atoms with Gasteiger partial charge in [-0.25, -0.2) is 0 Å². The number of anilines is 1. The Bertz CT molecular complexity index is 574. The second kappa shape index (κ2) is 5.08. The maximum absolute atomic E-state index is 12.8. The van der Waals surface area contributed by atoms with E-state index in [4.69, 9.17) is 5.11 Å². The molecule has 2 N–H and O–H groups in total. The molecule has 1 aliphatic rings. The molecule has 1 aromatic rings. The van der Waals surface area contributed by atoms with Gasteiger partial charge in [-0.3, -0.25) is 9.59 Å². The normalized spacial score (nSPS) is 21.4. The highest BCUT2D eigenvalue weighted by molar-refractivity contribution is 9.10. The maximum Gasteiger partial charge on any atom is 0.418 e. The fourth-order valence-electron chi connectivity index (χ4n) is 1.84. The van der Waals surface area contributed by atoms with Gasteiger partial charge in [0.1, 0.15) is 0 Å². The van der Waals surface area contributed by atoms with E-state index in [1.807, 2.05) is 0 Å². The number of carboxylic acids is 1. The van der Waals surface area contributed by atoms with Gasteiger partial charge >= 0.3 is 12.1 Å². The molecule has 0 heterocycles. The molecule has 1 fully saturated rings. The quantitative estimate of drug-likeness (QED) is 0.879. The Kier molecular flexibility index (Phi) is 3.77. The van der Waals surface area contributed by atoms with Gasteiger partial charge in [0.25, 0.3) is 0 Å². The molecule has 0 saturated heterocycles. The molecule has 8 heteroatoms. The Hall–Kier alpha value is -1.57. The van der Waals surface area contributed by atoms with E-state index < -0.39 is 35.5 Å². The summed E-state index contributed by atoms with van der Waals surface area (Å²) >= 11 is 2.93. The molecule has 2 unspecified atom stereocenters. The van der Waals surface area contributed by atoms with E-state index in [1.54, 1.807) is 0 Å². The average molecular weight is 352 g/mol. The zero-order chi connectivity index (χ0) is 15.1. The standard InChI is InChI=1S/C12H9BrF3NO3/c13-5-1-2-9(8(3-5)12(14,15)16)17-10(18)6-4-7(6)11(19)20/h1-3,6-7H,4H2,(H,17,18)(H,19,20). The van der Waals surface area contributed by atoms with E-state index in [-0.39, 0.29) is 16.6 Å². The topological polar surface area (TPSA) is 66.4 Å². The number of hydrogen-bond donors (Lipinski definition) is 2. The van der Waals surface area contributed by atoms with Gasteiger partial charge < -0.3 is 10.4 Å². The monoisotopic (exact) mass is 351 g/mol. The van der Waals surface area contributed by atoms with Crippen LogP contribution in [0, 0.1) is 11.8 Å². The summed E-state index contributed by atoms with van der Waals surface area (Å²) in [7, 11) is 0. The summed E-state index contributed by atoms with van der Waals surface area (Å²) < 4.78 is 38.7. The highest BCUT2D eigenvalue weighted by Gasteiger charge is 2.48. The van der Waals surface area contributed by atoms with E-state index in [1.165, 1.54) is 6.07 Å². The van der Waals surface area contributed by atoms with Crippen molar-refractivity contribution in [3.05, 3.63) is 28.2 Å². The van der Waals surface area contributed by atoms with Crippen LogP contribution in [-0.4, -0.2) is 17.0 Å². The van der Waals surface area contributed by atoms with E-state index in [0.29, 0.717) is 0 Å². The molecule has 20 heavy (non-hydrogen) atoms. The Morgan fingerprint density at radius 2 is 1.95 bits per heavy atom. The number of alkyl halides is 3. The molecular weight excluding hydrogens is 343 g/mol. The van der Waals surface area contributed by atoms with Crippen molar-refractivity contribution in [1.29, 1.82) is 0 Å². The highest BCUT2D eigenvalue weighted by atomic mass is 79.9. The van der Waals surface area contributed by atoms with Crippen molar-refractivity contribution in [2.45, 2.75) is 12.6 Å². The van der Waals surface area contributed by atoms with Crippen LogP contribution in [0.5, 0.6) is 0 Å². The minimum absolute atomic E-state index is 0.152. The molecule has 1 saturated carbocycles. The average Bonchev–Trinajstić information content (AvgIpc) is 3.10. The first-order valence-electron chi connectivity index (χ1n) is 5.60. The van der Waals surface area contributed by atoms with Crippen molar-refractivity contribution < 1.29 is 27.9 Å². The van der Waals surface area contributed by atoms with Crippen LogP contribution < -0.4 is 5.32 Å². The fraction of sp³-hybridized carbons (Fsp3) is 0.333. The number of carboxylic acid groups (broad SMARTS) is 1. The Labute approximate surface area is 120 Å². The number of carbonyl (C=O) groups excluding carboxylic acids is 1. The summed E-state index contributed by atoms with van der Waals surface area (Å²) in [5, 5.41) is 10.8.